The van der Waals surface area contributed by atoms with Crippen molar-refractivity contribution in [1.82, 2.24) is 20.5 Å². The van der Waals surface area contributed by atoms with Crippen LogP contribution in [0.5, 0.6) is 0 Å². The third kappa shape index (κ3) is 13.1. The number of aromatic nitrogens is 1. The number of amides is 3. The number of likely N-dealkylation sites (tertiary alicyclic amines) is 1. The SMILES string of the molecule is CCCCCC(=O)OCCCCCCCCCC(=O)N[C@H](C(=O)N1C[C@H](O)C[C@H]1C(=O)N[C@H](C)c1ccc(-c2scnc2C)cc1)C(C)(C)C. The van der Waals surface area contributed by atoms with Crippen molar-refractivity contribution in [1.29, 1.82) is 0 Å². The molecular weight excluding hydrogens is 653 g/mol. The minimum Gasteiger partial charge on any atom is -0.466 e. The average molecular weight is 713 g/mol. The van der Waals surface area contributed by atoms with Crippen molar-refractivity contribution in [2.24, 2.45) is 5.41 Å². The van der Waals surface area contributed by atoms with Crippen molar-refractivity contribution in [3.63, 3.8) is 0 Å². The van der Waals surface area contributed by atoms with Gasteiger partial charge in [-0.2, -0.15) is 0 Å². The van der Waals surface area contributed by atoms with Crippen LogP contribution in [0.25, 0.3) is 10.4 Å². The molecule has 10 nitrogen and oxygen atoms in total. The quantitative estimate of drug-likeness (QED) is 0.0990. The van der Waals surface area contributed by atoms with Crippen molar-refractivity contribution in [2.75, 3.05) is 13.2 Å². The summed E-state index contributed by atoms with van der Waals surface area (Å²) in [7, 11) is 0. The van der Waals surface area contributed by atoms with Crippen LogP contribution in [0.1, 0.15) is 135 Å². The number of β-amino-alcohol motifs (C(OH)–C–C–N with tert-alkyl or cyclic N) is 1. The zero-order valence-electron chi connectivity index (χ0n) is 31.1. The van der Waals surface area contributed by atoms with E-state index in [2.05, 4.69) is 22.5 Å². The Balaban J connectivity index is 1.43. The second-order valence-corrected chi connectivity index (χ2v) is 15.6. The zero-order chi connectivity index (χ0) is 36.7. The molecule has 278 valence electrons. The predicted molar refractivity (Wildman–Crippen MR) is 198 cm³/mol. The van der Waals surface area contributed by atoms with Crippen LogP contribution >= 0.6 is 11.3 Å². The molecule has 1 saturated heterocycles. The summed E-state index contributed by atoms with van der Waals surface area (Å²) in [6.07, 6.45) is 9.87. The van der Waals surface area contributed by atoms with Gasteiger partial charge in [-0.25, -0.2) is 4.98 Å². The summed E-state index contributed by atoms with van der Waals surface area (Å²) in [5.41, 5.74) is 4.20. The molecule has 4 atom stereocenters. The molecule has 1 aromatic heterocycles. The number of carbonyl (C=O) groups is 4. The van der Waals surface area contributed by atoms with Gasteiger partial charge in [0, 0.05) is 25.8 Å². The lowest BCUT2D eigenvalue weighted by atomic mass is 9.85. The molecule has 2 heterocycles. The lowest BCUT2D eigenvalue weighted by Crippen LogP contribution is -2.57. The highest BCUT2D eigenvalue weighted by Gasteiger charge is 2.44. The van der Waals surface area contributed by atoms with Gasteiger partial charge in [0.25, 0.3) is 0 Å². The summed E-state index contributed by atoms with van der Waals surface area (Å²) in [5, 5.41) is 16.5. The van der Waals surface area contributed by atoms with Crippen LogP contribution in [0.2, 0.25) is 0 Å². The first-order valence-electron chi connectivity index (χ1n) is 18.6. The molecule has 1 aliphatic rings. The Morgan fingerprint density at radius 3 is 2.22 bits per heavy atom. The van der Waals surface area contributed by atoms with Crippen LogP contribution in [0, 0.1) is 12.3 Å². The van der Waals surface area contributed by atoms with Crippen molar-refractivity contribution in [2.45, 2.75) is 149 Å². The molecule has 2 aromatic rings. The van der Waals surface area contributed by atoms with E-state index in [1.165, 1.54) is 4.90 Å². The van der Waals surface area contributed by atoms with Crippen molar-refractivity contribution < 1.29 is 29.0 Å². The molecule has 0 saturated carbocycles. The van der Waals surface area contributed by atoms with Crippen LogP contribution in [0.4, 0.5) is 0 Å². The molecule has 0 spiro atoms. The molecule has 11 heteroatoms. The third-order valence-electron chi connectivity index (χ3n) is 9.36. The first-order chi connectivity index (χ1) is 23.8. The highest BCUT2D eigenvalue weighted by molar-refractivity contribution is 7.13. The number of rotatable bonds is 20. The number of benzene rings is 1. The monoisotopic (exact) mass is 712 g/mol. The largest absolute Gasteiger partial charge is 0.466 e. The van der Waals surface area contributed by atoms with Crippen molar-refractivity contribution in [3.8, 4) is 10.4 Å². The number of carbonyl (C=O) groups excluding carboxylic acids is 4. The normalized spacial score (nSPS) is 17.3. The predicted octanol–water partition coefficient (Wildman–Crippen LogP) is 7.03. The van der Waals surface area contributed by atoms with Crippen molar-refractivity contribution in [3.05, 3.63) is 41.0 Å². The maximum atomic E-state index is 13.9. The van der Waals surface area contributed by atoms with Gasteiger partial charge in [-0.05, 0) is 49.7 Å². The zero-order valence-corrected chi connectivity index (χ0v) is 31.9. The van der Waals surface area contributed by atoms with Gasteiger partial charge < -0.3 is 25.4 Å². The molecule has 1 fully saturated rings. The number of aryl methyl sites for hydroxylation is 1. The van der Waals surface area contributed by atoms with Crippen LogP contribution in [0.15, 0.2) is 29.8 Å². The maximum Gasteiger partial charge on any atom is 0.305 e. The van der Waals surface area contributed by atoms with Crippen LogP contribution in [-0.4, -0.2) is 70.0 Å². The summed E-state index contributed by atoms with van der Waals surface area (Å²) in [4.78, 5) is 59.0. The fourth-order valence-corrected chi connectivity index (χ4v) is 7.11. The standard InChI is InChI=1S/C39H60N4O6S/c1-7-8-14-18-34(46)49-23-16-13-11-9-10-12-15-17-33(45)42-36(39(4,5)6)38(48)43-25-31(44)24-32(43)37(47)41-27(2)29-19-21-30(22-20-29)35-28(3)40-26-50-35/h19-22,26-27,31-32,36,44H,7-18,23-25H2,1-6H3,(H,41,47)(H,42,45)/t27-,31-,32+,36-/m1/s1. The smallest absolute Gasteiger partial charge is 0.305 e. The fourth-order valence-electron chi connectivity index (χ4n) is 6.30. The molecule has 3 amide bonds. The maximum absolute atomic E-state index is 13.9. The minimum atomic E-state index is -0.837. The Bertz CT molecular complexity index is 1370. The van der Waals surface area contributed by atoms with Crippen molar-refractivity contribution >= 4 is 35.0 Å². The Morgan fingerprint density at radius 2 is 1.60 bits per heavy atom. The van der Waals surface area contributed by atoms with Gasteiger partial charge in [0.2, 0.25) is 17.7 Å². The molecule has 1 aromatic carbocycles. The van der Waals surface area contributed by atoms with Gasteiger partial charge in [-0.1, -0.05) is 96.9 Å². The Labute approximate surface area is 303 Å². The van der Waals surface area contributed by atoms with Gasteiger partial charge in [-0.3, -0.25) is 19.2 Å². The van der Waals surface area contributed by atoms with Crippen LogP contribution in [-0.2, 0) is 23.9 Å². The van der Waals surface area contributed by atoms with E-state index in [-0.39, 0.29) is 42.7 Å². The van der Waals surface area contributed by atoms with Gasteiger partial charge in [0.1, 0.15) is 12.1 Å². The summed E-state index contributed by atoms with van der Waals surface area (Å²) >= 11 is 1.59. The number of unbranched alkanes of at least 4 members (excludes halogenated alkanes) is 8. The Morgan fingerprint density at radius 1 is 0.960 bits per heavy atom. The molecule has 0 radical (unpaired) electrons. The van der Waals surface area contributed by atoms with Gasteiger partial charge in [-0.15, -0.1) is 11.3 Å². The number of nitrogens with one attached hydrogen (secondary N) is 2. The van der Waals surface area contributed by atoms with E-state index in [4.69, 9.17) is 4.74 Å². The van der Waals surface area contributed by atoms with E-state index in [0.717, 1.165) is 85.9 Å². The van der Waals surface area contributed by atoms with E-state index in [9.17, 15) is 24.3 Å². The molecular formula is C39H60N4O6S. The van der Waals surface area contributed by atoms with Gasteiger partial charge in [0.15, 0.2) is 0 Å². The first-order valence-corrected chi connectivity index (χ1v) is 19.4. The number of aliphatic hydroxyl groups excluding tert-OH is 1. The lowest BCUT2D eigenvalue weighted by molar-refractivity contribution is -0.144. The van der Waals surface area contributed by atoms with E-state index >= 15 is 0 Å². The number of esters is 1. The molecule has 1 aliphatic heterocycles. The molecule has 50 heavy (non-hydrogen) atoms. The number of ether oxygens (including phenoxy) is 1. The highest BCUT2D eigenvalue weighted by atomic mass is 32.1. The number of hydrogen-bond donors (Lipinski definition) is 3. The molecule has 3 rings (SSSR count). The summed E-state index contributed by atoms with van der Waals surface area (Å²) in [6, 6.07) is 6.02. The summed E-state index contributed by atoms with van der Waals surface area (Å²) in [5.74, 6) is -0.968. The molecule has 0 unspecified atom stereocenters. The molecule has 3 N–H and O–H groups in total. The Kier molecular flexibility index (Phi) is 16.9. The van der Waals surface area contributed by atoms with Crippen LogP contribution in [0.3, 0.4) is 0 Å². The number of thiazole rings is 1. The second-order valence-electron chi connectivity index (χ2n) is 14.8. The molecule has 0 aliphatic carbocycles. The third-order valence-corrected chi connectivity index (χ3v) is 10.3. The van der Waals surface area contributed by atoms with Crippen LogP contribution < -0.4 is 10.6 Å². The summed E-state index contributed by atoms with van der Waals surface area (Å²) in [6.45, 7) is 12.2. The second kappa shape index (κ2) is 20.5. The van der Waals surface area contributed by atoms with E-state index < -0.39 is 23.6 Å². The summed E-state index contributed by atoms with van der Waals surface area (Å²) < 4.78 is 5.29. The number of nitrogens with zero attached hydrogens (tertiary/aromatic N) is 2. The molecule has 0 bridgehead atoms. The van der Waals surface area contributed by atoms with Gasteiger partial charge in [0.05, 0.1) is 34.8 Å². The topological polar surface area (TPSA) is 138 Å². The van der Waals surface area contributed by atoms with E-state index in [1.54, 1.807) is 11.3 Å². The lowest BCUT2D eigenvalue weighted by Gasteiger charge is -2.35. The van der Waals surface area contributed by atoms with E-state index in [1.807, 2.05) is 64.4 Å². The minimum absolute atomic E-state index is 0.0397. The Hall–Kier alpha value is -3.31. The number of aliphatic hydroxyl groups is 1. The number of hydrogen-bond acceptors (Lipinski definition) is 8. The average Bonchev–Trinajstić information content (AvgIpc) is 3.69. The first kappa shape index (κ1) is 41.1. The fraction of sp³-hybridized carbons (Fsp3) is 0.667. The van der Waals surface area contributed by atoms with E-state index in [0.29, 0.717) is 19.4 Å². The highest BCUT2D eigenvalue weighted by Crippen LogP contribution is 2.29. The van der Waals surface area contributed by atoms with Gasteiger partial charge >= 0.3 is 5.97 Å².